The Morgan fingerprint density at radius 2 is 1.95 bits per heavy atom. The Morgan fingerprint density at radius 1 is 1.24 bits per heavy atom. The van der Waals surface area contributed by atoms with Crippen LogP contribution in [0.25, 0.3) is 0 Å². The Bertz CT molecular complexity index is 548. The van der Waals surface area contributed by atoms with Crippen molar-refractivity contribution in [2.75, 3.05) is 11.9 Å². The Hall–Kier alpha value is -2.28. The average Bonchev–Trinajstić information content (AvgIpc) is 2.37. The Morgan fingerprint density at radius 3 is 2.52 bits per heavy atom. The van der Waals surface area contributed by atoms with Gasteiger partial charge in [0.15, 0.2) is 0 Å². The second kappa shape index (κ2) is 8.11. The molecular weight excluding hydrogens is 298 g/mol. The van der Waals surface area contributed by atoms with Crippen LogP contribution < -0.4 is 16.4 Å². The minimum atomic E-state index is -1.13. The largest absolute Gasteiger partial charge is 0.478 e. The van der Waals surface area contributed by atoms with Gasteiger partial charge in [-0.05, 0) is 31.0 Å². The molecule has 1 aromatic carbocycles. The molecule has 0 saturated heterocycles. The molecule has 3 amide bonds. The van der Waals surface area contributed by atoms with Crippen molar-refractivity contribution < 1.29 is 19.5 Å². The molecule has 0 atom stereocenters. The van der Waals surface area contributed by atoms with Gasteiger partial charge in [0.25, 0.3) is 0 Å². The number of unbranched alkanes of at least 4 members (excludes halogenated alkanes) is 1. The van der Waals surface area contributed by atoms with Crippen LogP contribution in [-0.4, -0.2) is 29.6 Å². The van der Waals surface area contributed by atoms with Crippen molar-refractivity contribution >= 4 is 35.2 Å². The van der Waals surface area contributed by atoms with E-state index in [1.54, 1.807) is 0 Å². The van der Waals surface area contributed by atoms with Gasteiger partial charge in [-0.2, -0.15) is 0 Å². The number of urea groups is 1. The molecule has 0 aliphatic carbocycles. The summed E-state index contributed by atoms with van der Waals surface area (Å²) >= 11 is 5.79. The number of carboxylic acid groups (broad SMARTS) is 1. The molecular formula is C13H16ClN3O4. The van der Waals surface area contributed by atoms with E-state index in [1.807, 2.05) is 0 Å². The third-order valence-corrected chi connectivity index (χ3v) is 2.91. The molecule has 7 nitrogen and oxygen atoms in total. The molecule has 0 fully saturated rings. The van der Waals surface area contributed by atoms with Gasteiger partial charge in [-0.1, -0.05) is 11.6 Å². The maximum Gasteiger partial charge on any atom is 0.337 e. The molecule has 0 saturated carbocycles. The summed E-state index contributed by atoms with van der Waals surface area (Å²) in [6, 6.07) is 3.68. The highest BCUT2D eigenvalue weighted by Crippen LogP contribution is 2.20. The second-order valence-electron chi connectivity index (χ2n) is 4.30. The molecule has 8 heteroatoms. The van der Waals surface area contributed by atoms with Crippen LogP contribution >= 0.6 is 11.6 Å². The summed E-state index contributed by atoms with van der Waals surface area (Å²) in [5, 5.41) is 14.0. The quantitative estimate of drug-likeness (QED) is 0.573. The maximum atomic E-state index is 11.6. The molecule has 0 aliphatic heterocycles. The fourth-order valence-corrected chi connectivity index (χ4v) is 1.83. The zero-order chi connectivity index (χ0) is 15.8. The molecule has 0 aromatic heterocycles. The van der Waals surface area contributed by atoms with E-state index in [4.69, 9.17) is 22.4 Å². The van der Waals surface area contributed by atoms with Crippen LogP contribution in [0.15, 0.2) is 18.2 Å². The number of nitrogens with one attached hydrogen (secondary N) is 2. The Kier molecular flexibility index (Phi) is 6.48. The van der Waals surface area contributed by atoms with E-state index >= 15 is 0 Å². The van der Waals surface area contributed by atoms with E-state index in [0.717, 1.165) is 0 Å². The molecule has 21 heavy (non-hydrogen) atoms. The van der Waals surface area contributed by atoms with E-state index in [-0.39, 0.29) is 22.9 Å². The number of hydrogen-bond acceptors (Lipinski definition) is 3. The van der Waals surface area contributed by atoms with Crippen molar-refractivity contribution in [3.8, 4) is 0 Å². The van der Waals surface area contributed by atoms with E-state index in [1.165, 1.54) is 18.2 Å². The van der Waals surface area contributed by atoms with Gasteiger partial charge in [-0.25, -0.2) is 9.59 Å². The Labute approximate surface area is 126 Å². The van der Waals surface area contributed by atoms with Gasteiger partial charge in [-0.15, -0.1) is 0 Å². The van der Waals surface area contributed by atoms with Crippen LogP contribution in [0.2, 0.25) is 5.02 Å². The van der Waals surface area contributed by atoms with Gasteiger partial charge in [0.1, 0.15) is 0 Å². The number of amides is 3. The highest BCUT2D eigenvalue weighted by Gasteiger charge is 2.10. The smallest absolute Gasteiger partial charge is 0.337 e. The van der Waals surface area contributed by atoms with Crippen molar-refractivity contribution in [2.24, 2.45) is 5.73 Å². The topological polar surface area (TPSA) is 122 Å². The lowest BCUT2D eigenvalue weighted by Crippen LogP contribution is -2.29. The van der Waals surface area contributed by atoms with E-state index in [0.29, 0.717) is 25.1 Å². The van der Waals surface area contributed by atoms with Gasteiger partial charge in [0, 0.05) is 18.7 Å². The summed E-state index contributed by atoms with van der Waals surface area (Å²) in [6.07, 6.45) is 1.53. The number of anilines is 1. The number of aromatic carboxylic acids is 1. The van der Waals surface area contributed by atoms with Crippen molar-refractivity contribution in [3.63, 3.8) is 0 Å². The molecule has 1 rings (SSSR count). The average molecular weight is 314 g/mol. The van der Waals surface area contributed by atoms with Gasteiger partial charge >= 0.3 is 12.0 Å². The van der Waals surface area contributed by atoms with Gasteiger partial charge in [0.05, 0.1) is 10.6 Å². The third kappa shape index (κ3) is 6.13. The van der Waals surface area contributed by atoms with Crippen LogP contribution in [0.1, 0.15) is 29.6 Å². The predicted octanol–water partition coefficient (Wildman–Crippen LogP) is 1.82. The molecule has 114 valence electrons. The van der Waals surface area contributed by atoms with E-state index in [2.05, 4.69) is 10.6 Å². The molecule has 0 heterocycles. The number of hydrogen-bond donors (Lipinski definition) is 4. The first-order chi connectivity index (χ1) is 9.90. The minimum absolute atomic E-state index is 0.0333. The monoisotopic (exact) mass is 313 g/mol. The fraction of sp³-hybridized carbons (Fsp3) is 0.308. The highest BCUT2D eigenvalue weighted by molar-refractivity contribution is 6.33. The van der Waals surface area contributed by atoms with Crippen LogP contribution in [0.4, 0.5) is 10.5 Å². The summed E-state index contributed by atoms with van der Waals surface area (Å²) < 4.78 is 0. The van der Waals surface area contributed by atoms with E-state index in [9.17, 15) is 14.4 Å². The summed E-state index contributed by atoms with van der Waals surface area (Å²) in [5.41, 5.74) is 5.35. The summed E-state index contributed by atoms with van der Waals surface area (Å²) in [6.45, 7) is 0.403. The lowest BCUT2D eigenvalue weighted by atomic mass is 10.2. The number of carbonyl (C=O) groups is 3. The first-order valence-corrected chi connectivity index (χ1v) is 6.64. The van der Waals surface area contributed by atoms with Gasteiger partial charge < -0.3 is 21.5 Å². The van der Waals surface area contributed by atoms with Crippen LogP contribution in [0, 0.1) is 0 Å². The van der Waals surface area contributed by atoms with Crippen molar-refractivity contribution in [1.82, 2.24) is 5.32 Å². The predicted molar refractivity (Wildman–Crippen MR) is 78.5 cm³/mol. The number of rotatable bonds is 7. The molecule has 0 bridgehead atoms. The number of nitrogens with two attached hydrogens (primary N) is 1. The lowest BCUT2D eigenvalue weighted by molar-refractivity contribution is -0.118. The van der Waals surface area contributed by atoms with Gasteiger partial charge in [0.2, 0.25) is 5.91 Å². The first kappa shape index (κ1) is 16.8. The molecule has 1 aromatic rings. The lowest BCUT2D eigenvalue weighted by Gasteiger charge is -2.08. The number of primary amides is 1. The summed E-state index contributed by atoms with van der Waals surface area (Å²) in [4.78, 5) is 32.9. The Balaban J connectivity index is 2.39. The number of carbonyl (C=O) groups excluding carboxylic acids is 2. The zero-order valence-electron chi connectivity index (χ0n) is 11.2. The number of benzene rings is 1. The first-order valence-electron chi connectivity index (χ1n) is 6.26. The molecule has 0 spiro atoms. The van der Waals surface area contributed by atoms with Crippen LogP contribution in [0.3, 0.4) is 0 Å². The van der Waals surface area contributed by atoms with Crippen molar-refractivity contribution in [2.45, 2.75) is 19.3 Å². The zero-order valence-corrected chi connectivity index (χ0v) is 11.9. The standard InChI is InChI=1S/C13H16ClN3O4/c14-10-7-8(4-5-9(10)12(19)20)17-13(21)16-6-2-1-3-11(15)18/h4-5,7H,1-3,6H2,(H2,15,18)(H,19,20)(H2,16,17,21). The SMILES string of the molecule is NC(=O)CCCCNC(=O)Nc1ccc(C(=O)O)c(Cl)c1. The highest BCUT2D eigenvalue weighted by atomic mass is 35.5. The van der Waals surface area contributed by atoms with E-state index < -0.39 is 12.0 Å². The van der Waals surface area contributed by atoms with Crippen LogP contribution in [0.5, 0.6) is 0 Å². The number of halogens is 1. The van der Waals surface area contributed by atoms with Crippen LogP contribution in [-0.2, 0) is 4.79 Å². The normalized spacial score (nSPS) is 9.95. The van der Waals surface area contributed by atoms with Crippen molar-refractivity contribution in [3.05, 3.63) is 28.8 Å². The maximum absolute atomic E-state index is 11.6. The molecule has 5 N–H and O–H groups in total. The minimum Gasteiger partial charge on any atom is -0.478 e. The van der Waals surface area contributed by atoms with Gasteiger partial charge in [-0.3, -0.25) is 4.79 Å². The third-order valence-electron chi connectivity index (χ3n) is 2.59. The van der Waals surface area contributed by atoms with Crippen molar-refractivity contribution in [1.29, 1.82) is 0 Å². The second-order valence-corrected chi connectivity index (χ2v) is 4.71. The fourth-order valence-electron chi connectivity index (χ4n) is 1.57. The number of carboxylic acids is 1. The molecule has 0 unspecified atom stereocenters. The molecule has 0 radical (unpaired) electrons. The molecule has 0 aliphatic rings. The summed E-state index contributed by atoms with van der Waals surface area (Å²) in [5.74, 6) is -1.50. The summed E-state index contributed by atoms with van der Waals surface area (Å²) in [7, 11) is 0.